The summed E-state index contributed by atoms with van der Waals surface area (Å²) >= 11 is 0. The molecule has 0 spiro atoms. The van der Waals surface area contributed by atoms with Crippen molar-refractivity contribution in [2.75, 3.05) is 20.2 Å². The number of ether oxygens (including phenoxy) is 1. The van der Waals surface area contributed by atoms with E-state index in [0.29, 0.717) is 42.5 Å². The molecule has 2 heterocycles. The Morgan fingerprint density at radius 3 is 2.41 bits per heavy atom. The molecule has 3 aromatic carbocycles. The second-order valence-electron chi connectivity index (χ2n) is 7.87. The fraction of sp³-hybridized carbons (Fsp3) is 0.250. The van der Waals surface area contributed by atoms with Crippen molar-refractivity contribution < 1.29 is 17.7 Å². The number of hydrogen-bond donors (Lipinski definition) is 0. The van der Waals surface area contributed by atoms with Gasteiger partial charge in [-0.1, -0.05) is 35.5 Å². The maximum absolute atomic E-state index is 13.2. The summed E-state index contributed by atoms with van der Waals surface area (Å²) in [4.78, 5) is 4.88. The zero-order valence-electron chi connectivity index (χ0n) is 17.6. The van der Waals surface area contributed by atoms with E-state index in [2.05, 4.69) is 10.1 Å². The number of rotatable bonds is 5. The first-order valence-corrected chi connectivity index (χ1v) is 12.0. The lowest BCUT2D eigenvalue weighted by Crippen LogP contribution is -2.37. The van der Waals surface area contributed by atoms with E-state index >= 15 is 0 Å². The molecule has 0 bridgehead atoms. The lowest BCUT2D eigenvalue weighted by Gasteiger charge is -2.29. The number of aromatic nitrogens is 2. The monoisotopic (exact) mass is 449 g/mol. The van der Waals surface area contributed by atoms with Gasteiger partial charge < -0.3 is 9.26 Å². The van der Waals surface area contributed by atoms with Crippen LogP contribution < -0.4 is 4.74 Å². The molecule has 4 aromatic rings. The highest BCUT2D eigenvalue weighted by atomic mass is 32.2. The molecule has 164 valence electrons. The average molecular weight is 450 g/mol. The predicted molar refractivity (Wildman–Crippen MR) is 121 cm³/mol. The molecule has 0 aliphatic carbocycles. The van der Waals surface area contributed by atoms with Crippen LogP contribution in [0.3, 0.4) is 0 Å². The van der Waals surface area contributed by atoms with E-state index in [4.69, 9.17) is 9.26 Å². The van der Waals surface area contributed by atoms with E-state index in [9.17, 15) is 8.42 Å². The van der Waals surface area contributed by atoms with Crippen LogP contribution in [0.2, 0.25) is 0 Å². The highest BCUT2D eigenvalue weighted by Crippen LogP contribution is 2.32. The standard InChI is InChI=1S/C24H23N3O4S/c1-30-21-9-6-18(7-10-21)23-25-24(31-26-23)19-12-14-27(15-13-19)32(28,29)22-11-8-17-4-2-3-5-20(17)16-22/h2-11,16,19H,12-15H2,1H3. The molecule has 1 aliphatic heterocycles. The van der Waals surface area contributed by atoms with Crippen LogP contribution in [0, 0.1) is 0 Å². The van der Waals surface area contributed by atoms with E-state index in [0.717, 1.165) is 22.1 Å². The smallest absolute Gasteiger partial charge is 0.243 e. The topological polar surface area (TPSA) is 85.5 Å². The number of piperidine rings is 1. The highest BCUT2D eigenvalue weighted by Gasteiger charge is 2.32. The normalized spacial score (nSPS) is 15.8. The first-order valence-electron chi connectivity index (χ1n) is 10.5. The Labute approximate surface area is 186 Å². The van der Waals surface area contributed by atoms with Crippen LogP contribution in [-0.2, 0) is 10.0 Å². The van der Waals surface area contributed by atoms with Gasteiger partial charge in [-0.15, -0.1) is 0 Å². The van der Waals surface area contributed by atoms with Gasteiger partial charge in [0.25, 0.3) is 0 Å². The second kappa shape index (κ2) is 8.37. The molecule has 0 N–H and O–H groups in total. The van der Waals surface area contributed by atoms with Gasteiger partial charge in [-0.2, -0.15) is 9.29 Å². The highest BCUT2D eigenvalue weighted by molar-refractivity contribution is 7.89. The van der Waals surface area contributed by atoms with Gasteiger partial charge >= 0.3 is 0 Å². The maximum atomic E-state index is 13.2. The summed E-state index contributed by atoms with van der Waals surface area (Å²) in [7, 11) is -1.93. The summed E-state index contributed by atoms with van der Waals surface area (Å²) < 4.78 is 38.6. The van der Waals surface area contributed by atoms with Crippen LogP contribution in [0.1, 0.15) is 24.7 Å². The first-order chi connectivity index (χ1) is 15.5. The zero-order valence-corrected chi connectivity index (χ0v) is 18.5. The van der Waals surface area contributed by atoms with Crippen molar-refractivity contribution >= 4 is 20.8 Å². The van der Waals surface area contributed by atoms with Gasteiger partial charge in [-0.3, -0.25) is 0 Å². The van der Waals surface area contributed by atoms with Crippen LogP contribution in [0.5, 0.6) is 5.75 Å². The molecule has 1 aliphatic rings. The number of nitrogens with zero attached hydrogens (tertiary/aromatic N) is 3. The lowest BCUT2D eigenvalue weighted by atomic mass is 9.98. The van der Waals surface area contributed by atoms with E-state index in [1.165, 1.54) is 0 Å². The van der Waals surface area contributed by atoms with Crippen LogP contribution in [0.4, 0.5) is 0 Å². The molecule has 8 heteroatoms. The van der Waals surface area contributed by atoms with Gasteiger partial charge in [0.15, 0.2) is 0 Å². The third kappa shape index (κ3) is 3.87. The number of hydrogen-bond acceptors (Lipinski definition) is 6. The Bertz CT molecular complexity index is 1340. The third-order valence-electron chi connectivity index (χ3n) is 5.95. The van der Waals surface area contributed by atoms with Crippen molar-refractivity contribution in [3.05, 3.63) is 72.6 Å². The van der Waals surface area contributed by atoms with E-state index in [1.807, 2.05) is 54.6 Å². The molecule has 1 aromatic heterocycles. The molecule has 0 saturated carbocycles. The number of methoxy groups -OCH3 is 1. The van der Waals surface area contributed by atoms with Crippen molar-refractivity contribution in [2.24, 2.45) is 0 Å². The average Bonchev–Trinajstić information content (AvgIpc) is 3.34. The van der Waals surface area contributed by atoms with Crippen LogP contribution in [-0.4, -0.2) is 43.1 Å². The molecule has 1 fully saturated rings. The van der Waals surface area contributed by atoms with Gasteiger partial charge in [0.1, 0.15) is 5.75 Å². The quantitative estimate of drug-likeness (QED) is 0.447. The van der Waals surface area contributed by atoms with Gasteiger partial charge in [0.05, 0.1) is 12.0 Å². The van der Waals surface area contributed by atoms with Crippen LogP contribution in [0.25, 0.3) is 22.2 Å². The Hall–Kier alpha value is -3.23. The minimum Gasteiger partial charge on any atom is -0.497 e. The molecule has 0 radical (unpaired) electrons. The Morgan fingerprint density at radius 2 is 1.69 bits per heavy atom. The molecule has 1 saturated heterocycles. The molecular weight excluding hydrogens is 426 g/mol. The maximum Gasteiger partial charge on any atom is 0.243 e. The predicted octanol–water partition coefficient (Wildman–Crippen LogP) is 4.47. The van der Waals surface area contributed by atoms with E-state index < -0.39 is 10.0 Å². The second-order valence-corrected chi connectivity index (χ2v) is 9.81. The number of fused-ring (bicyclic) bond motifs is 1. The van der Waals surface area contributed by atoms with Crippen molar-refractivity contribution in [1.82, 2.24) is 14.4 Å². The Balaban J connectivity index is 1.28. The number of benzene rings is 3. The summed E-state index contributed by atoms with van der Waals surface area (Å²) in [5.74, 6) is 1.88. The van der Waals surface area contributed by atoms with Gasteiger partial charge in [-0.05, 0) is 60.0 Å². The van der Waals surface area contributed by atoms with Crippen LogP contribution >= 0.6 is 0 Å². The molecule has 0 unspecified atom stereocenters. The molecule has 0 amide bonds. The van der Waals surface area contributed by atoms with Crippen LogP contribution in [0.15, 0.2) is 76.1 Å². The molecule has 7 nitrogen and oxygen atoms in total. The molecular formula is C24H23N3O4S. The van der Waals surface area contributed by atoms with Crippen molar-refractivity contribution in [1.29, 1.82) is 0 Å². The molecule has 0 atom stereocenters. The van der Waals surface area contributed by atoms with E-state index in [-0.39, 0.29) is 5.92 Å². The van der Waals surface area contributed by atoms with Gasteiger partial charge in [0, 0.05) is 24.6 Å². The summed E-state index contributed by atoms with van der Waals surface area (Å²) in [6.45, 7) is 0.833. The van der Waals surface area contributed by atoms with Crippen molar-refractivity contribution in [2.45, 2.75) is 23.7 Å². The SMILES string of the molecule is COc1ccc(-c2noc(C3CCN(S(=O)(=O)c4ccc5ccccc5c4)CC3)n2)cc1. The summed E-state index contributed by atoms with van der Waals surface area (Å²) in [6.07, 6.45) is 1.27. The van der Waals surface area contributed by atoms with Gasteiger partial charge in [0.2, 0.25) is 21.7 Å². The summed E-state index contributed by atoms with van der Waals surface area (Å²) in [5, 5.41) is 6.04. The van der Waals surface area contributed by atoms with E-state index in [1.54, 1.807) is 23.5 Å². The minimum atomic E-state index is -3.55. The zero-order chi connectivity index (χ0) is 22.1. The fourth-order valence-electron chi connectivity index (χ4n) is 4.08. The minimum absolute atomic E-state index is 0.0394. The molecule has 5 rings (SSSR count). The Morgan fingerprint density at radius 1 is 0.969 bits per heavy atom. The van der Waals surface area contributed by atoms with Crippen molar-refractivity contribution in [3.8, 4) is 17.1 Å². The first kappa shape index (κ1) is 20.7. The number of sulfonamides is 1. The lowest BCUT2D eigenvalue weighted by molar-refractivity contribution is 0.271. The molecule has 32 heavy (non-hydrogen) atoms. The fourth-order valence-corrected chi connectivity index (χ4v) is 5.58. The summed E-state index contributed by atoms with van der Waals surface area (Å²) in [5.41, 5.74) is 0.845. The Kier molecular flexibility index (Phi) is 5.40. The third-order valence-corrected chi connectivity index (χ3v) is 7.85. The largest absolute Gasteiger partial charge is 0.497 e. The van der Waals surface area contributed by atoms with Crippen molar-refractivity contribution in [3.63, 3.8) is 0 Å². The van der Waals surface area contributed by atoms with Gasteiger partial charge in [-0.25, -0.2) is 8.42 Å². The summed E-state index contributed by atoms with van der Waals surface area (Å²) in [6, 6.07) is 20.5.